The number of nitrogens with two attached hydrogens (primary N) is 1. The van der Waals surface area contributed by atoms with E-state index in [-0.39, 0.29) is 10.6 Å². The summed E-state index contributed by atoms with van der Waals surface area (Å²) >= 11 is 0. The molecule has 0 saturated heterocycles. The third kappa shape index (κ3) is 4.24. The highest BCUT2D eigenvalue weighted by molar-refractivity contribution is 8.14. The fourth-order valence-electron chi connectivity index (χ4n) is 1.02. The number of nitrogens with zero attached hydrogens (tertiary/aromatic N) is 1. The molecule has 1 aromatic rings. The SMILES string of the molecule is NC(=O)c1ccc(S(=O)(=O)CCS(=O)(=O)Cl)nc1. The Morgan fingerprint density at radius 2 is 1.83 bits per heavy atom. The molecule has 1 rings (SSSR count). The zero-order chi connectivity index (χ0) is 14.0. The summed E-state index contributed by atoms with van der Waals surface area (Å²) in [6, 6.07) is 2.27. The summed E-state index contributed by atoms with van der Waals surface area (Å²) in [5.41, 5.74) is 5.02. The lowest BCUT2D eigenvalue weighted by Crippen LogP contribution is -2.16. The number of rotatable bonds is 5. The third-order valence-electron chi connectivity index (χ3n) is 1.94. The summed E-state index contributed by atoms with van der Waals surface area (Å²) in [5.74, 6) is -2.13. The van der Waals surface area contributed by atoms with Crippen molar-refractivity contribution in [3.05, 3.63) is 23.9 Å². The first kappa shape index (κ1) is 14.9. The molecule has 100 valence electrons. The molecular formula is C8H9ClN2O5S2. The van der Waals surface area contributed by atoms with Crippen molar-refractivity contribution in [1.29, 1.82) is 0 Å². The molecule has 0 aliphatic rings. The van der Waals surface area contributed by atoms with E-state index in [1.165, 1.54) is 6.07 Å². The predicted octanol–water partition coefficient (Wildman–Crippen LogP) is -0.477. The Kier molecular flexibility index (Phi) is 4.30. The number of halogens is 1. The van der Waals surface area contributed by atoms with Gasteiger partial charge in [0.25, 0.3) is 0 Å². The van der Waals surface area contributed by atoms with Gasteiger partial charge in [0.1, 0.15) is 0 Å². The fraction of sp³-hybridized carbons (Fsp3) is 0.250. The second kappa shape index (κ2) is 5.21. The zero-order valence-electron chi connectivity index (χ0n) is 8.91. The lowest BCUT2D eigenvalue weighted by atomic mass is 10.3. The van der Waals surface area contributed by atoms with E-state index in [1.54, 1.807) is 0 Å². The van der Waals surface area contributed by atoms with Crippen LogP contribution in [-0.2, 0) is 18.9 Å². The van der Waals surface area contributed by atoms with Crippen molar-refractivity contribution in [2.75, 3.05) is 11.5 Å². The Labute approximate surface area is 108 Å². The Bertz CT molecular complexity index is 651. The van der Waals surface area contributed by atoms with Crippen LogP contribution in [0.1, 0.15) is 10.4 Å². The summed E-state index contributed by atoms with van der Waals surface area (Å²) < 4.78 is 44.7. The lowest BCUT2D eigenvalue weighted by Gasteiger charge is -2.02. The highest BCUT2D eigenvalue weighted by atomic mass is 35.7. The van der Waals surface area contributed by atoms with Crippen molar-refractivity contribution >= 4 is 35.5 Å². The number of sulfone groups is 1. The van der Waals surface area contributed by atoms with Crippen LogP contribution < -0.4 is 5.73 Å². The molecule has 10 heteroatoms. The van der Waals surface area contributed by atoms with Crippen molar-refractivity contribution in [3.8, 4) is 0 Å². The molecule has 0 radical (unpaired) electrons. The van der Waals surface area contributed by atoms with Gasteiger partial charge < -0.3 is 5.73 Å². The molecule has 1 heterocycles. The first-order chi connectivity index (χ1) is 8.12. The molecule has 0 spiro atoms. The minimum Gasteiger partial charge on any atom is -0.366 e. The monoisotopic (exact) mass is 312 g/mol. The van der Waals surface area contributed by atoms with Gasteiger partial charge in [-0.15, -0.1) is 0 Å². The second-order valence-corrected chi connectivity index (χ2v) is 8.26. The van der Waals surface area contributed by atoms with Gasteiger partial charge in [-0.05, 0) is 12.1 Å². The first-order valence-corrected chi connectivity index (χ1v) is 8.66. The topological polar surface area (TPSA) is 124 Å². The highest BCUT2D eigenvalue weighted by Crippen LogP contribution is 2.10. The first-order valence-electron chi connectivity index (χ1n) is 4.53. The van der Waals surface area contributed by atoms with Crippen molar-refractivity contribution < 1.29 is 21.6 Å². The molecule has 1 amide bonds. The molecule has 1 aromatic heterocycles. The zero-order valence-corrected chi connectivity index (χ0v) is 11.3. The summed E-state index contributed by atoms with van der Waals surface area (Å²) in [4.78, 5) is 14.3. The van der Waals surface area contributed by atoms with Crippen molar-refractivity contribution in [2.45, 2.75) is 5.03 Å². The van der Waals surface area contributed by atoms with Crippen LogP contribution in [0.3, 0.4) is 0 Å². The van der Waals surface area contributed by atoms with E-state index in [9.17, 15) is 21.6 Å². The molecular weight excluding hydrogens is 304 g/mol. The number of aromatic nitrogens is 1. The molecule has 7 nitrogen and oxygen atoms in total. The van der Waals surface area contributed by atoms with Crippen LogP contribution in [0.15, 0.2) is 23.4 Å². The molecule has 18 heavy (non-hydrogen) atoms. The van der Waals surface area contributed by atoms with Gasteiger partial charge in [-0.25, -0.2) is 21.8 Å². The minimum absolute atomic E-state index is 0.0546. The van der Waals surface area contributed by atoms with E-state index in [0.29, 0.717) is 0 Å². The van der Waals surface area contributed by atoms with Crippen LogP contribution in [-0.4, -0.2) is 39.2 Å². The van der Waals surface area contributed by atoms with E-state index >= 15 is 0 Å². The molecule has 0 saturated carbocycles. The summed E-state index contributed by atoms with van der Waals surface area (Å²) in [6.07, 6.45) is 1.00. The highest BCUT2D eigenvalue weighted by Gasteiger charge is 2.19. The van der Waals surface area contributed by atoms with E-state index in [4.69, 9.17) is 16.4 Å². The van der Waals surface area contributed by atoms with Crippen LogP contribution in [0.4, 0.5) is 0 Å². The maximum atomic E-state index is 11.7. The summed E-state index contributed by atoms with van der Waals surface area (Å²) in [5, 5.41) is -0.340. The average Bonchev–Trinajstić information content (AvgIpc) is 2.26. The Balaban J connectivity index is 2.96. The lowest BCUT2D eigenvalue weighted by molar-refractivity contribution is 0.1000. The number of hydrogen-bond acceptors (Lipinski definition) is 6. The molecule has 0 aliphatic carbocycles. The van der Waals surface area contributed by atoms with Gasteiger partial charge in [0.2, 0.25) is 15.0 Å². The van der Waals surface area contributed by atoms with E-state index < -0.39 is 36.3 Å². The van der Waals surface area contributed by atoms with Crippen LogP contribution in [0.2, 0.25) is 0 Å². The van der Waals surface area contributed by atoms with Crippen LogP contribution in [0.5, 0.6) is 0 Å². The maximum Gasteiger partial charge on any atom is 0.250 e. The maximum absolute atomic E-state index is 11.7. The molecule has 0 atom stereocenters. The number of carbonyl (C=O) groups excluding carboxylic acids is 1. The van der Waals surface area contributed by atoms with Crippen molar-refractivity contribution in [3.63, 3.8) is 0 Å². The molecule has 0 aliphatic heterocycles. The number of carbonyl (C=O) groups is 1. The average molecular weight is 313 g/mol. The third-order valence-corrected chi connectivity index (χ3v) is 4.97. The normalized spacial score (nSPS) is 12.3. The molecule has 0 aromatic carbocycles. The second-order valence-electron chi connectivity index (χ2n) is 3.31. The summed E-state index contributed by atoms with van der Waals surface area (Å²) in [6.45, 7) is 0. The predicted molar refractivity (Wildman–Crippen MR) is 64.4 cm³/mol. The molecule has 0 fully saturated rings. The standard InChI is InChI=1S/C8H9ClN2O5S2/c9-18(15,16)4-3-17(13,14)7-2-1-6(5-11-7)8(10)12/h1-2,5H,3-4H2,(H2,10,12). The molecule has 0 bridgehead atoms. The smallest absolute Gasteiger partial charge is 0.250 e. The van der Waals surface area contributed by atoms with Crippen molar-refractivity contribution in [1.82, 2.24) is 4.98 Å². The Hall–Kier alpha value is -1.19. The molecule has 2 N–H and O–H groups in total. The van der Waals surface area contributed by atoms with Crippen LogP contribution in [0.25, 0.3) is 0 Å². The van der Waals surface area contributed by atoms with E-state index in [0.717, 1.165) is 12.3 Å². The van der Waals surface area contributed by atoms with Crippen LogP contribution in [0, 0.1) is 0 Å². The van der Waals surface area contributed by atoms with Crippen molar-refractivity contribution in [2.24, 2.45) is 5.73 Å². The van der Waals surface area contributed by atoms with Gasteiger partial charge in [0.15, 0.2) is 14.9 Å². The van der Waals surface area contributed by atoms with Gasteiger partial charge in [-0.3, -0.25) is 4.79 Å². The van der Waals surface area contributed by atoms with E-state index in [1.807, 2.05) is 0 Å². The van der Waals surface area contributed by atoms with Gasteiger partial charge in [0.05, 0.1) is 17.1 Å². The number of hydrogen-bond donors (Lipinski definition) is 1. The fourth-order valence-corrected chi connectivity index (χ4v) is 3.96. The van der Waals surface area contributed by atoms with Gasteiger partial charge in [0, 0.05) is 16.9 Å². The Morgan fingerprint density at radius 1 is 1.22 bits per heavy atom. The van der Waals surface area contributed by atoms with Crippen LogP contribution >= 0.6 is 10.7 Å². The van der Waals surface area contributed by atoms with Gasteiger partial charge in [-0.1, -0.05) is 0 Å². The van der Waals surface area contributed by atoms with Gasteiger partial charge in [-0.2, -0.15) is 0 Å². The van der Waals surface area contributed by atoms with Gasteiger partial charge >= 0.3 is 0 Å². The summed E-state index contributed by atoms with van der Waals surface area (Å²) in [7, 11) is -2.84. The number of primary amides is 1. The molecule has 0 unspecified atom stereocenters. The number of pyridine rings is 1. The minimum atomic E-state index is -3.90. The van der Waals surface area contributed by atoms with E-state index in [2.05, 4.69) is 4.98 Å². The quantitative estimate of drug-likeness (QED) is 0.732. The largest absolute Gasteiger partial charge is 0.366 e. The Morgan fingerprint density at radius 3 is 2.22 bits per heavy atom. The number of amides is 1.